The number of hydrogen-bond acceptors (Lipinski definition) is 6. The lowest BCUT2D eigenvalue weighted by Crippen LogP contribution is -2.45. The van der Waals surface area contributed by atoms with Crippen molar-refractivity contribution >= 4 is 13.7 Å². The first kappa shape index (κ1) is 85.7. The van der Waals surface area contributed by atoms with Gasteiger partial charge in [-0.25, -0.2) is 0 Å². The van der Waals surface area contributed by atoms with Gasteiger partial charge in [0.2, 0.25) is 5.91 Å². The van der Waals surface area contributed by atoms with E-state index < -0.39 is 26.6 Å². The van der Waals surface area contributed by atoms with Crippen molar-refractivity contribution in [3.63, 3.8) is 0 Å². The number of rotatable bonds is 73. The lowest BCUT2D eigenvalue weighted by Gasteiger charge is -2.29. The molecule has 0 aliphatic carbocycles. The van der Waals surface area contributed by atoms with Gasteiger partial charge >= 0.3 is 0 Å². The van der Waals surface area contributed by atoms with Crippen LogP contribution in [0.3, 0.4) is 0 Å². The summed E-state index contributed by atoms with van der Waals surface area (Å²) in [7, 11) is 1.25. The lowest BCUT2D eigenvalue weighted by atomic mass is 10.0. The Hall–Kier alpha value is -1.28. The predicted octanol–water partition coefficient (Wildman–Crippen LogP) is 24.5. The highest BCUT2D eigenvalue weighted by atomic mass is 31.2. The number of amides is 1. The van der Waals surface area contributed by atoms with Crippen LogP contribution < -0.4 is 10.2 Å². The van der Waals surface area contributed by atoms with Gasteiger partial charge < -0.3 is 28.8 Å². The molecule has 3 atom stereocenters. The number of unbranched alkanes of at least 4 members (excludes halogenated alkanes) is 56. The van der Waals surface area contributed by atoms with Crippen molar-refractivity contribution in [2.75, 3.05) is 40.9 Å². The second-order valence-corrected chi connectivity index (χ2v) is 29.5. The quantitative estimate of drug-likeness (QED) is 0.0272. The number of hydrogen-bond donors (Lipinski definition) is 2. The zero-order valence-electron chi connectivity index (χ0n) is 59.3. The Bertz CT molecular complexity index is 1510. The van der Waals surface area contributed by atoms with E-state index >= 15 is 0 Å². The fourth-order valence-corrected chi connectivity index (χ4v) is 12.8. The number of aliphatic hydroxyl groups excluding tert-OH is 1. The number of phosphoric ester groups is 1. The van der Waals surface area contributed by atoms with E-state index in [4.69, 9.17) is 9.05 Å². The van der Waals surface area contributed by atoms with Crippen LogP contribution in [0.15, 0.2) is 36.5 Å². The van der Waals surface area contributed by atoms with Gasteiger partial charge in [0.1, 0.15) is 13.2 Å². The molecule has 0 aliphatic heterocycles. The van der Waals surface area contributed by atoms with Crippen LogP contribution in [0.4, 0.5) is 0 Å². The molecular formula is C78H153N2O6P. The molecule has 0 aromatic carbocycles. The maximum absolute atomic E-state index is 13.1. The molecule has 0 fully saturated rings. The molecule has 0 radical (unpaired) electrons. The van der Waals surface area contributed by atoms with Crippen molar-refractivity contribution in [1.29, 1.82) is 0 Å². The number of phosphoric acid groups is 1. The normalized spacial score (nSPS) is 13.7. The van der Waals surface area contributed by atoms with Crippen LogP contribution in [0, 0.1) is 0 Å². The standard InChI is InChI=1S/C78H153N2O6P/c1-6-8-10-12-14-16-18-20-22-24-26-28-30-32-34-36-37-38-39-40-41-42-43-44-46-48-50-52-54-56-58-60-62-64-66-68-70-72-78(82)79-76(75-86-87(83,84)85-74-73-80(3,4)5)77(81)71-69-67-65-63-61-59-57-55-53-51-49-47-45-35-33-31-29-27-25-23-21-19-17-15-13-11-9-7-2/h53,55,61,63,69,71,76-77,81H,6-52,54,56-60,62,64-68,70,72-75H2,1-5H3,(H-,79,82,83,84)/b55-53+,63-61+,71-69+. The van der Waals surface area contributed by atoms with Crippen LogP contribution in [0.5, 0.6) is 0 Å². The molecule has 8 nitrogen and oxygen atoms in total. The van der Waals surface area contributed by atoms with Crippen LogP contribution in [-0.2, 0) is 18.4 Å². The Morgan fingerprint density at radius 2 is 0.644 bits per heavy atom. The molecule has 0 spiro atoms. The molecular weight excluding hydrogens is 1090 g/mol. The number of carbonyl (C=O) groups excluding carboxylic acids is 1. The first-order valence-corrected chi connectivity index (χ1v) is 40.3. The van der Waals surface area contributed by atoms with Crippen molar-refractivity contribution < 1.29 is 32.9 Å². The molecule has 9 heteroatoms. The molecule has 0 rings (SSSR count). The Labute approximate surface area is 544 Å². The molecule has 0 bridgehead atoms. The molecule has 0 saturated heterocycles. The van der Waals surface area contributed by atoms with Crippen LogP contribution in [0.1, 0.15) is 406 Å². The minimum atomic E-state index is -4.62. The van der Waals surface area contributed by atoms with E-state index in [1.54, 1.807) is 6.08 Å². The highest BCUT2D eigenvalue weighted by Gasteiger charge is 2.23. The minimum absolute atomic E-state index is 0.00698. The summed E-state index contributed by atoms with van der Waals surface area (Å²) in [6.07, 6.45) is 93.2. The summed E-state index contributed by atoms with van der Waals surface area (Å²) >= 11 is 0. The fraction of sp³-hybridized carbons (Fsp3) is 0.910. The molecule has 516 valence electrons. The predicted molar refractivity (Wildman–Crippen MR) is 381 cm³/mol. The molecule has 1 amide bonds. The third kappa shape index (κ3) is 72.0. The van der Waals surface area contributed by atoms with Crippen LogP contribution in [0.25, 0.3) is 0 Å². The number of nitrogens with one attached hydrogen (secondary N) is 1. The first-order valence-electron chi connectivity index (χ1n) is 38.9. The molecule has 0 saturated carbocycles. The number of likely N-dealkylation sites (N-methyl/N-ethyl adjacent to an activating group) is 1. The fourth-order valence-electron chi connectivity index (χ4n) is 12.1. The zero-order valence-corrected chi connectivity index (χ0v) is 60.2. The second-order valence-electron chi connectivity index (χ2n) is 28.1. The summed E-state index contributed by atoms with van der Waals surface area (Å²) in [4.78, 5) is 25.7. The minimum Gasteiger partial charge on any atom is -0.756 e. The van der Waals surface area contributed by atoms with Gasteiger partial charge in [-0.1, -0.05) is 391 Å². The molecule has 0 aromatic rings. The Morgan fingerprint density at radius 3 is 0.931 bits per heavy atom. The summed E-state index contributed by atoms with van der Waals surface area (Å²) in [6, 6.07) is -0.910. The monoisotopic (exact) mass is 1250 g/mol. The lowest BCUT2D eigenvalue weighted by molar-refractivity contribution is -0.870. The Morgan fingerprint density at radius 1 is 0.391 bits per heavy atom. The topological polar surface area (TPSA) is 108 Å². The number of allylic oxidation sites excluding steroid dienone is 5. The van der Waals surface area contributed by atoms with E-state index in [1.165, 1.54) is 340 Å². The van der Waals surface area contributed by atoms with E-state index in [2.05, 4.69) is 43.5 Å². The molecule has 0 aliphatic rings. The molecule has 0 aromatic heterocycles. The smallest absolute Gasteiger partial charge is 0.268 e. The number of carbonyl (C=O) groups is 1. The zero-order chi connectivity index (χ0) is 63.4. The van der Waals surface area contributed by atoms with Gasteiger partial charge in [0, 0.05) is 6.42 Å². The van der Waals surface area contributed by atoms with Crippen molar-refractivity contribution in [1.82, 2.24) is 5.32 Å². The van der Waals surface area contributed by atoms with Crippen molar-refractivity contribution in [3.8, 4) is 0 Å². The largest absolute Gasteiger partial charge is 0.756 e. The summed E-state index contributed by atoms with van der Waals surface area (Å²) in [5.74, 6) is -0.202. The molecule has 87 heavy (non-hydrogen) atoms. The second kappa shape index (κ2) is 69.1. The Kier molecular flexibility index (Phi) is 68.1. The van der Waals surface area contributed by atoms with E-state index in [0.717, 1.165) is 44.9 Å². The van der Waals surface area contributed by atoms with E-state index in [-0.39, 0.29) is 12.5 Å². The van der Waals surface area contributed by atoms with Gasteiger partial charge in [-0.2, -0.15) is 0 Å². The van der Waals surface area contributed by atoms with Crippen LogP contribution >= 0.6 is 7.82 Å². The number of aliphatic hydroxyl groups is 1. The van der Waals surface area contributed by atoms with E-state index in [1.807, 2.05) is 27.2 Å². The van der Waals surface area contributed by atoms with Gasteiger partial charge in [0.25, 0.3) is 7.82 Å². The van der Waals surface area contributed by atoms with Crippen LogP contribution in [0.2, 0.25) is 0 Å². The third-order valence-electron chi connectivity index (χ3n) is 18.1. The SMILES string of the molecule is CCCCCCCCCCCCCCCCCCCC/C=C/CC/C=C/CC/C=C/C(O)C(COP(=O)([O-])OCC[N+](C)(C)C)NC(=O)CCCCCCCCCCCCCCCCCCCCCCCCCCCCCCCCCCCCCCC. The van der Waals surface area contributed by atoms with E-state index in [9.17, 15) is 19.4 Å². The van der Waals surface area contributed by atoms with E-state index in [0.29, 0.717) is 17.4 Å². The summed E-state index contributed by atoms with van der Waals surface area (Å²) < 4.78 is 23.5. The van der Waals surface area contributed by atoms with Crippen molar-refractivity contribution in [2.24, 2.45) is 0 Å². The summed E-state index contributed by atoms with van der Waals surface area (Å²) in [6.45, 7) is 4.69. The summed E-state index contributed by atoms with van der Waals surface area (Å²) in [5, 5.41) is 14.0. The van der Waals surface area contributed by atoms with Gasteiger partial charge in [0.05, 0.1) is 39.9 Å². The molecule has 2 N–H and O–H groups in total. The van der Waals surface area contributed by atoms with Crippen molar-refractivity contribution in [3.05, 3.63) is 36.5 Å². The molecule has 0 heterocycles. The molecule has 3 unspecified atom stereocenters. The van der Waals surface area contributed by atoms with Gasteiger partial charge in [-0.15, -0.1) is 0 Å². The maximum Gasteiger partial charge on any atom is 0.268 e. The number of quaternary nitrogens is 1. The number of nitrogens with zero attached hydrogens (tertiary/aromatic N) is 1. The average molecular weight is 1250 g/mol. The van der Waals surface area contributed by atoms with Crippen LogP contribution in [-0.4, -0.2) is 68.5 Å². The summed E-state index contributed by atoms with van der Waals surface area (Å²) in [5.41, 5.74) is 0. The maximum atomic E-state index is 13.1. The Balaban J connectivity index is 3.99. The highest BCUT2D eigenvalue weighted by molar-refractivity contribution is 7.45. The third-order valence-corrected chi connectivity index (χ3v) is 19.0. The van der Waals surface area contributed by atoms with Gasteiger partial charge in [0.15, 0.2) is 0 Å². The average Bonchev–Trinajstić information content (AvgIpc) is 3.69. The first-order chi connectivity index (χ1) is 42.5. The van der Waals surface area contributed by atoms with Gasteiger partial charge in [-0.05, 0) is 44.9 Å². The van der Waals surface area contributed by atoms with Gasteiger partial charge in [-0.3, -0.25) is 9.36 Å². The van der Waals surface area contributed by atoms with Crippen molar-refractivity contribution in [2.45, 2.75) is 418 Å². The highest BCUT2D eigenvalue weighted by Crippen LogP contribution is 2.38.